The fraction of sp³-hybridized carbons (Fsp3) is 0.562. The average Bonchev–Trinajstić information content (AvgIpc) is 2.48. The first-order valence-electron chi connectivity index (χ1n) is 7.46. The molecule has 0 aliphatic carbocycles. The molecule has 1 fully saturated rings. The molecule has 116 valence electrons. The molecule has 1 atom stereocenters. The first-order valence-corrected chi connectivity index (χ1v) is 7.46. The van der Waals surface area contributed by atoms with Gasteiger partial charge in [0.05, 0.1) is 18.2 Å². The van der Waals surface area contributed by atoms with Crippen LogP contribution in [0, 0.1) is 0 Å². The van der Waals surface area contributed by atoms with Gasteiger partial charge in [0.15, 0.2) is 0 Å². The van der Waals surface area contributed by atoms with E-state index in [1.807, 2.05) is 38.1 Å². The lowest BCUT2D eigenvalue weighted by Crippen LogP contribution is -2.57. The number of para-hydroxylation sites is 1. The molecule has 3 N–H and O–H groups in total. The Bertz CT molecular complexity index is 484. The third-order valence-electron chi connectivity index (χ3n) is 3.87. The van der Waals surface area contributed by atoms with Crippen LogP contribution in [0.25, 0.3) is 0 Å². The van der Waals surface area contributed by atoms with E-state index >= 15 is 0 Å². The predicted octanol–water partition coefficient (Wildman–Crippen LogP) is 1.77. The third-order valence-corrected chi connectivity index (χ3v) is 3.87. The Hall–Kier alpha value is -1.59. The standard InChI is InChI=1S/C16H24N2O3/c1-3-21-14-7-5-4-6-13(14)12(2)18-15(19)16(17)8-10-20-11-9-16/h4-7,12H,3,8-11,17H2,1-2H3,(H,18,19). The van der Waals surface area contributed by atoms with E-state index in [9.17, 15) is 4.79 Å². The Kier molecular flexibility index (Phi) is 5.20. The number of hydrogen-bond donors (Lipinski definition) is 2. The van der Waals surface area contributed by atoms with Crippen LogP contribution in [0.4, 0.5) is 0 Å². The van der Waals surface area contributed by atoms with Crippen molar-refractivity contribution < 1.29 is 14.3 Å². The zero-order valence-corrected chi connectivity index (χ0v) is 12.7. The van der Waals surface area contributed by atoms with Crippen molar-refractivity contribution in [3.8, 4) is 5.75 Å². The molecular formula is C16H24N2O3. The molecule has 1 heterocycles. The van der Waals surface area contributed by atoms with Crippen molar-refractivity contribution in [1.82, 2.24) is 5.32 Å². The molecular weight excluding hydrogens is 268 g/mol. The van der Waals surface area contributed by atoms with Crippen molar-refractivity contribution in [1.29, 1.82) is 0 Å². The summed E-state index contributed by atoms with van der Waals surface area (Å²) >= 11 is 0. The molecule has 1 aromatic carbocycles. The van der Waals surface area contributed by atoms with E-state index in [1.165, 1.54) is 0 Å². The lowest BCUT2D eigenvalue weighted by Gasteiger charge is -2.33. The Labute approximate surface area is 125 Å². The number of ether oxygens (including phenoxy) is 2. The second-order valence-electron chi connectivity index (χ2n) is 5.43. The quantitative estimate of drug-likeness (QED) is 0.867. The third kappa shape index (κ3) is 3.74. The highest BCUT2D eigenvalue weighted by molar-refractivity contribution is 5.86. The van der Waals surface area contributed by atoms with Gasteiger partial charge in [0.1, 0.15) is 5.75 Å². The fourth-order valence-corrected chi connectivity index (χ4v) is 2.51. The monoisotopic (exact) mass is 292 g/mol. The van der Waals surface area contributed by atoms with E-state index in [-0.39, 0.29) is 11.9 Å². The van der Waals surface area contributed by atoms with Crippen LogP contribution in [-0.4, -0.2) is 31.3 Å². The molecule has 0 saturated carbocycles. The summed E-state index contributed by atoms with van der Waals surface area (Å²) in [4.78, 5) is 12.4. The van der Waals surface area contributed by atoms with Gasteiger partial charge >= 0.3 is 0 Å². The molecule has 5 nitrogen and oxygen atoms in total. The summed E-state index contributed by atoms with van der Waals surface area (Å²) in [7, 11) is 0. The molecule has 1 aromatic rings. The van der Waals surface area contributed by atoms with Crippen LogP contribution in [0.5, 0.6) is 5.75 Å². The highest BCUT2D eigenvalue weighted by Gasteiger charge is 2.36. The molecule has 0 spiro atoms. The van der Waals surface area contributed by atoms with Crippen LogP contribution in [-0.2, 0) is 9.53 Å². The van der Waals surface area contributed by atoms with Crippen molar-refractivity contribution in [2.45, 2.75) is 38.3 Å². The first-order chi connectivity index (χ1) is 10.1. The molecule has 2 rings (SSSR count). The average molecular weight is 292 g/mol. The summed E-state index contributed by atoms with van der Waals surface area (Å²) in [5, 5.41) is 3.01. The van der Waals surface area contributed by atoms with Crippen LogP contribution < -0.4 is 15.8 Å². The van der Waals surface area contributed by atoms with Gasteiger partial charge in [-0.25, -0.2) is 0 Å². The molecule has 1 amide bonds. The molecule has 1 aliphatic rings. The van der Waals surface area contributed by atoms with Gasteiger partial charge in [-0.3, -0.25) is 4.79 Å². The van der Waals surface area contributed by atoms with Gasteiger partial charge in [0, 0.05) is 18.8 Å². The summed E-state index contributed by atoms with van der Waals surface area (Å²) < 4.78 is 10.9. The number of amides is 1. The van der Waals surface area contributed by atoms with Gasteiger partial charge in [0.25, 0.3) is 0 Å². The van der Waals surface area contributed by atoms with Crippen LogP contribution in [0.3, 0.4) is 0 Å². The Balaban J connectivity index is 2.07. The van der Waals surface area contributed by atoms with E-state index in [1.54, 1.807) is 0 Å². The minimum Gasteiger partial charge on any atom is -0.494 e. The van der Waals surface area contributed by atoms with E-state index in [0.29, 0.717) is 32.7 Å². The zero-order chi connectivity index (χ0) is 15.3. The minimum atomic E-state index is -0.826. The highest BCUT2D eigenvalue weighted by Crippen LogP contribution is 2.26. The van der Waals surface area contributed by atoms with E-state index in [0.717, 1.165) is 11.3 Å². The van der Waals surface area contributed by atoms with Crippen LogP contribution >= 0.6 is 0 Å². The van der Waals surface area contributed by atoms with Gasteiger partial charge < -0.3 is 20.5 Å². The van der Waals surface area contributed by atoms with Crippen molar-refractivity contribution in [3.05, 3.63) is 29.8 Å². The molecule has 1 aliphatic heterocycles. The number of nitrogens with one attached hydrogen (secondary N) is 1. The Morgan fingerprint density at radius 3 is 2.76 bits per heavy atom. The van der Waals surface area contributed by atoms with Gasteiger partial charge in [-0.2, -0.15) is 0 Å². The zero-order valence-electron chi connectivity index (χ0n) is 12.7. The fourth-order valence-electron chi connectivity index (χ4n) is 2.51. The maximum absolute atomic E-state index is 12.4. The largest absolute Gasteiger partial charge is 0.494 e. The number of rotatable bonds is 5. The normalized spacial score (nSPS) is 18.8. The van der Waals surface area contributed by atoms with Gasteiger partial charge in [-0.05, 0) is 32.8 Å². The Morgan fingerprint density at radius 2 is 2.10 bits per heavy atom. The van der Waals surface area contributed by atoms with Crippen molar-refractivity contribution >= 4 is 5.91 Å². The van der Waals surface area contributed by atoms with Gasteiger partial charge in [0.2, 0.25) is 5.91 Å². The first kappa shape index (κ1) is 15.8. The SMILES string of the molecule is CCOc1ccccc1C(C)NC(=O)C1(N)CCOCC1. The van der Waals surface area contributed by atoms with Gasteiger partial charge in [-0.1, -0.05) is 18.2 Å². The molecule has 5 heteroatoms. The molecule has 21 heavy (non-hydrogen) atoms. The number of carbonyl (C=O) groups is 1. The molecule has 0 bridgehead atoms. The Morgan fingerprint density at radius 1 is 1.43 bits per heavy atom. The van der Waals surface area contributed by atoms with E-state index < -0.39 is 5.54 Å². The minimum absolute atomic E-state index is 0.121. The molecule has 0 radical (unpaired) electrons. The molecule has 0 aromatic heterocycles. The smallest absolute Gasteiger partial charge is 0.240 e. The highest BCUT2D eigenvalue weighted by atomic mass is 16.5. The summed E-state index contributed by atoms with van der Waals surface area (Å²) in [5.41, 5.74) is 6.34. The summed E-state index contributed by atoms with van der Waals surface area (Å²) in [6.07, 6.45) is 1.11. The maximum atomic E-state index is 12.4. The lowest BCUT2D eigenvalue weighted by atomic mass is 9.90. The molecule has 1 saturated heterocycles. The summed E-state index contributed by atoms with van der Waals surface area (Å²) in [6, 6.07) is 7.58. The van der Waals surface area contributed by atoms with Crippen LogP contribution in [0.1, 0.15) is 38.3 Å². The topological polar surface area (TPSA) is 73.6 Å². The van der Waals surface area contributed by atoms with E-state index in [2.05, 4.69) is 5.32 Å². The van der Waals surface area contributed by atoms with Crippen molar-refractivity contribution in [2.24, 2.45) is 5.73 Å². The summed E-state index contributed by atoms with van der Waals surface area (Å²) in [6.45, 7) is 5.55. The molecule has 1 unspecified atom stereocenters. The van der Waals surface area contributed by atoms with Gasteiger partial charge in [-0.15, -0.1) is 0 Å². The predicted molar refractivity (Wildman–Crippen MR) is 81.1 cm³/mol. The van der Waals surface area contributed by atoms with Crippen molar-refractivity contribution in [3.63, 3.8) is 0 Å². The maximum Gasteiger partial charge on any atom is 0.240 e. The number of benzene rings is 1. The van der Waals surface area contributed by atoms with Crippen LogP contribution in [0.2, 0.25) is 0 Å². The van der Waals surface area contributed by atoms with Crippen molar-refractivity contribution in [2.75, 3.05) is 19.8 Å². The second-order valence-corrected chi connectivity index (χ2v) is 5.43. The van der Waals surface area contributed by atoms with E-state index in [4.69, 9.17) is 15.2 Å². The number of nitrogens with two attached hydrogens (primary N) is 1. The summed E-state index contributed by atoms with van der Waals surface area (Å²) in [5.74, 6) is 0.676. The lowest BCUT2D eigenvalue weighted by molar-refractivity contribution is -0.130. The number of carbonyl (C=O) groups excluding carboxylic acids is 1. The number of hydrogen-bond acceptors (Lipinski definition) is 4. The second kappa shape index (κ2) is 6.91. The van der Waals surface area contributed by atoms with Crippen LogP contribution in [0.15, 0.2) is 24.3 Å².